The van der Waals surface area contributed by atoms with Crippen LogP contribution in [0.5, 0.6) is 0 Å². The molecule has 0 unspecified atom stereocenters. The lowest BCUT2D eigenvalue weighted by molar-refractivity contribution is 1.18. The average molecular weight is 702 g/mol. The van der Waals surface area contributed by atoms with Crippen molar-refractivity contribution in [2.75, 3.05) is 0 Å². The van der Waals surface area contributed by atoms with E-state index >= 15 is 0 Å². The zero-order valence-corrected chi connectivity index (χ0v) is 30.1. The van der Waals surface area contributed by atoms with E-state index in [0.717, 1.165) is 0 Å². The lowest BCUT2D eigenvalue weighted by Gasteiger charge is -2.19. The highest BCUT2D eigenvalue weighted by Crippen LogP contribution is 2.50. The fourth-order valence-electron chi connectivity index (χ4n) is 9.28. The van der Waals surface area contributed by atoms with Crippen LogP contribution in [0.1, 0.15) is 0 Å². The van der Waals surface area contributed by atoms with Crippen molar-refractivity contribution in [1.82, 2.24) is 4.57 Å². The summed E-state index contributed by atoms with van der Waals surface area (Å²) >= 11 is 1.92. The molecule has 12 aromatic rings. The van der Waals surface area contributed by atoms with Gasteiger partial charge in [0, 0.05) is 42.0 Å². The summed E-state index contributed by atoms with van der Waals surface area (Å²) in [4.78, 5) is 0. The molecule has 0 aliphatic carbocycles. The molecule has 0 amide bonds. The van der Waals surface area contributed by atoms with Crippen molar-refractivity contribution in [3.05, 3.63) is 188 Å². The number of benzene rings is 10. The molecule has 12 rings (SSSR count). The Bertz CT molecular complexity index is 3440. The molecule has 0 saturated heterocycles. The summed E-state index contributed by atoms with van der Waals surface area (Å²) in [5, 5.41) is 15.5. The molecule has 1 nitrogen and oxygen atoms in total. The monoisotopic (exact) mass is 701 g/mol. The van der Waals surface area contributed by atoms with Crippen LogP contribution in [0.25, 0.3) is 113 Å². The van der Waals surface area contributed by atoms with Gasteiger partial charge in [-0.3, -0.25) is 0 Å². The maximum absolute atomic E-state index is 2.52. The molecular formula is C52H31NS. The van der Waals surface area contributed by atoms with E-state index in [4.69, 9.17) is 0 Å². The van der Waals surface area contributed by atoms with Crippen LogP contribution in [0.3, 0.4) is 0 Å². The number of thiophene rings is 1. The minimum Gasteiger partial charge on any atom is -0.309 e. The third-order valence-corrected chi connectivity index (χ3v) is 12.7. The predicted molar refractivity (Wildman–Crippen MR) is 235 cm³/mol. The molecule has 0 radical (unpaired) electrons. The Morgan fingerprint density at radius 3 is 1.69 bits per heavy atom. The SMILES string of the molecule is c1ccc(-n2c3ccccc3c3c4c(ccc32)sc2c3ccccc3c(-c3c5ccccc5c(-c5ccc6ccccc6c5)c5ccccc35)cc24)cc1. The molecule has 0 aliphatic rings. The second kappa shape index (κ2) is 11.4. The van der Waals surface area contributed by atoms with Gasteiger partial charge in [-0.15, -0.1) is 11.3 Å². The van der Waals surface area contributed by atoms with Gasteiger partial charge in [-0.2, -0.15) is 0 Å². The Morgan fingerprint density at radius 2 is 0.944 bits per heavy atom. The van der Waals surface area contributed by atoms with Gasteiger partial charge in [0.05, 0.1) is 11.0 Å². The van der Waals surface area contributed by atoms with Gasteiger partial charge in [0.15, 0.2) is 0 Å². The first-order chi connectivity index (χ1) is 26.8. The molecular weight excluding hydrogens is 671 g/mol. The van der Waals surface area contributed by atoms with Gasteiger partial charge in [-0.25, -0.2) is 0 Å². The van der Waals surface area contributed by atoms with Crippen LogP contribution in [0.4, 0.5) is 0 Å². The summed E-state index contributed by atoms with van der Waals surface area (Å²) < 4.78 is 5.09. The van der Waals surface area contributed by atoms with E-state index in [0.29, 0.717) is 0 Å². The van der Waals surface area contributed by atoms with Gasteiger partial charge < -0.3 is 4.57 Å². The van der Waals surface area contributed by atoms with Crippen molar-refractivity contribution < 1.29 is 0 Å². The minimum absolute atomic E-state index is 1.18. The summed E-state index contributed by atoms with van der Waals surface area (Å²) in [7, 11) is 0. The second-order valence-electron chi connectivity index (χ2n) is 14.4. The van der Waals surface area contributed by atoms with E-state index in [9.17, 15) is 0 Å². The van der Waals surface area contributed by atoms with Gasteiger partial charge >= 0.3 is 0 Å². The Morgan fingerprint density at radius 1 is 0.352 bits per heavy atom. The fraction of sp³-hybridized carbons (Fsp3) is 0. The molecule has 2 heterocycles. The smallest absolute Gasteiger partial charge is 0.0548 e. The van der Waals surface area contributed by atoms with Crippen molar-refractivity contribution in [3.8, 4) is 27.9 Å². The number of rotatable bonds is 3. The maximum atomic E-state index is 2.52. The molecule has 0 N–H and O–H groups in total. The standard InChI is InChI=1S/C52H31NS/c1-2-16-35(17-3-1)53-45-25-13-12-24-42(45)50-46(53)28-29-47-51(50)44-31-43(36-18-6-11-23-41(36)52(44)54-47)49-39-21-9-7-19-37(39)48(38-20-8-10-22-40(38)49)34-27-26-32-14-4-5-15-33(32)30-34/h1-31H. The highest BCUT2D eigenvalue weighted by molar-refractivity contribution is 7.27. The largest absolute Gasteiger partial charge is 0.309 e. The molecule has 0 atom stereocenters. The Balaban J connectivity index is 1.24. The van der Waals surface area contributed by atoms with Gasteiger partial charge in [0.1, 0.15) is 0 Å². The van der Waals surface area contributed by atoms with E-state index in [-0.39, 0.29) is 0 Å². The highest BCUT2D eigenvalue weighted by atomic mass is 32.1. The fourth-order valence-corrected chi connectivity index (χ4v) is 10.5. The van der Waals surface area contributed by atoms with E-state index in [1.165, 1.54) is 113 Å². The van der Waals surface area contributed by atoms with Crippen LogP contribution in [0, 0.1) is 0 Å². The van der Waals surface area contributed by atoms with Crippen molar-refractivity contribution in [2.45, 2.75) is 0 Å². The summed E-state index contributed by atoms with van der Waals surface area (Å²) in [5.41, 5.74) is 8.75. The maximum Gasteiger partial charge on any atom is 0.0548 e. The van der Waals surface area contributed by atoms with Crippen LogP contribution in [-0.4, -0.2) is 4.57 Å². The third kappa shape index (κ3) is 4.14. The number of nitrogens with zero attached hydrogens (tertiary/aromatic N) is 1. The number of aromatic nitrogens is 1. The zero-order chi connectivity index (χ0) is 35.3. The van der Waals surface area contributed by atoms with Gasteiger partial charge in [-0.1, -0.05) is 146 Å². The molecule has 0 aliphatic heterocycles. The molecule has 0 saturated carbocycles. The lowest BCUT2D eigenvalue weighted by atomic mass is 9.84. The third-order valence-electron chi connectivity index (χ3n) is 11.5. The normalized spacial score (nSPS) is 12.1. The molecule has 0 spiro atoms. The molecule has 2 aromatic heterocycles. The summed E-state index contributed by atoms with van der Waals surface area (Å²) in [6.45, 7) is 0. The zero-order valence-electron chi connectivity index (χ0n) is 29.3. The molecule has 2 heteroatoms. The van der Waals surface area contributed by atoms with Crippen molar-refractivity contribution in [1.29, 1.82) is 0 Å². The van der Waals surface area contributed by atoms with Gasteiger partial charge in [0.25, 0.3) is 0 Å². The average Bonchev–Trinajstić information content (AvgIpc) is 3.78. The van der Waals surface area contributed by atoms with Crippen LogP contribution >= 0.6 is 11.3 Å². The summed E-state index contributed by atoms with van der Waals surface area (Å²) in [6.07, 6.45) is 0. The number of para-hydroxylation sites is 2. The van der Waals surface area contributed by atoms with Crippen LogP contribution in [-0.2, 0) is 0 Å². The quantitative estimate of drug-likeness (QED) is 0.162. The molecule has 54 heavy (non-hydrogen) atoms. The van der Waals surface area contributed by atoms with Gasteiger partial charge in [-0.05, 0) is 102 Å². The topological polar surface area (TPSA) is 4.93 Å². The van der Waals surface area contributed by atoms with Crippen molar-refractivity contribution in [2.24, 2.45) is 0 Å². The lowest BCUT2D eigenvalue weighted by Crippen LogP contribution is -1.92. The molecule has 250 valence electrons. The van der Waals surface area contributed by atoms with E-state index in [1.54, 1.807) is 0 Å². The Hall–Kier alpha value is -6.74. The first-order valence-electron chi connectivity index (χ1n) is 18.6. The van der Waals surface area contributed by atoms with E-state index < -0.39 is 0 Å². The van der Waals surface area contributed by atoms with Crippen LogP contribution < -0.4 is 0 Å². The van der Waals surface area contributed by atoms with Crippen LogP contribution in [0.15, 0.2) is 188 Å². The van der Waals surface area contributed by atoms with Gasteiger partial charge in [0.2, 0.25) is 0 Å². The Labute approximate surface area is 315 Å². The summed E-state index contributed by atoms with van der Waals surface area (Å²) in [6, 6.07) is 69.6. The first-order valence-corrected chi connectivity index (χ1v) is 19.4. The first kappa shape index (κ1) is 29.8. The Kier molecular flexibility index (Phi) is 6.28. The summed E-state index contributed by atoms with van der Waals surface area (Å²) in [5.74, 6) is 0. The number of fused-ring (bicyclic) bond motifs is 12. The molecule has 0 bridgehead atoms. The van der Waals surface area contributed by atoms with E-state index in [1.807, 2.05) is 11.3 Å². The van der Waals surface area contributed by atoms with E-state index in [2.05, 4.69) is 193 Å². The van der Waals surface area contributed by atoms with Crippen molar-refractivity contribution >= 4 is 96.4 Å². The minimum atomic E-state index is 1.18. The number of hydrogen-bond donors (Lipinski definition) is 0. The second-order valence-corrected chi connectivity index (χ2v) is 15.4. The van der Waals surface area contributed by atoms with Crippen molar-refractivity contribution in [3.63, 3.8) is 0 Å². The highest BCUT2D eigenvalue weighted by Gasteiger charge is 2.23. The number of hydrogen-bond acceptors (Lipinski definition) is 1. The van der Waals surface area contributed by atoms with Crippen LogP contribution in [0.2, 0.25) is 0 Å². The molecule has 0 fully saturated rings. The predicted octanol–water partition coefficient (Wildman–Crippen LogP) is 15.1. The molecule has 10 aromatic carbocycles.